The lowest BCUT2D eigenvalue weighted by molar-refractivity contribution is -0.312. The average molecular weight is 553 g/mol. The summed E-state index contributed by atoms with van der Waals surface area (Å²) in [5.74, 6) is 1.77. The van der Waals surface area contributed by atoms with Crippen LogP contribution in [0.1, 0.15) is 96.1 Å². The summed E-state index contributed by atoms with van der Waals surface area (Å²) in [6.45, 7) is 11.2. The van der Waals surface area contributed by atoms with E-state index in [9.17, 15) is 9.18 Å². The third kappa shape index (κ3) is 5.02. The molecule has 1 saturated heterocycles. The molecule has 6 rings (SSSR count). The van der Waals surface area contributed by atoms with E-state index in [1.807, 2.05) is 6.92 Å². The molecule has 2 amide bonds. The van der Waals surface area contributed by atoms with Gasteiger partial charge >= 0.3 is 6.03 Å². The highest BCUT2D eigenvalue weighted by Gasteiger charge is 2.58. The van der Waals surface area contributed by atoms with Gasteiger partial charge in [-0.1, -0.05) is 56.2 Å². The Kier molecular flexibility index (Phi) is 7.57. The van der Waals surface area contributed by atoms with Crippen LogP contribution in [0.5, 0.6) is 0 Å². The number of benzene rings is 1. The number of halogens is 1. The summed E-state index contributed by atoms with van der Waals surface area (Å²) in [6.07, 6.45) is 8.60. The van der Waals surface area contributed by atoms with Crippen molar-refractivity contribution in [3.8, 4) is 0 Å². The third-order valence-electron chi connectivity index (χ3n) is 11.3. The molecule has 40 heavy (non-hydrogen) atoms. The second-order valence-corrected chi connectivity index (χ2v) is 14.5. The molecular formula is C34H49FN2O3. The maximum atomic E-state index is 14.4. The van der Waals surface area contributed by atoms with Crippen molar-refractivity contribution < 1.29 is 18.7 Å². The molecule has 6 atom stereocenters. The topological polar surface area (TPSA) is 59.6 Å². The molecule has 220 valence electrons. The third-order valence-corrected chi connectivity index (χ3v) is 11.3. The summed E-state index contributed by atoms with van der Waals surface area (Å²) in [5.41, 5.74) is 5.95. The molecule has 4 aliphatic carbocycles. The van der Waals surface area contributed by atoms with Crippen molar-refractivity contribution in [1.29, 1.82) is 0 Å². The van der Waals surface area contributed by atoms with Gasteiger partial charge in [0.25, 0.3) is 0 Å². The number of rotatable bonds is 5. The maximum absolute atomic E-state index is 14.4. The molecule has 6 unspecified atom stereocenters. The van der Waals surface area contributed by atoms with Gasteiger partial charge in [-0.15, -0.1) is 0 Å². The minimum Gasteiger partial charge on any atom is -0.349 e. The number of allylic oxidation sites excluding steroid dienone is 2. The molecule has 1 heterocycles. The van der Waals surface area contributed by atoms with Gasteiger partial charge in [-0.25, -0.2) is 4.79 Å². The number of carbonyl (C=O) groups excluding carboxylic acids is 1. The Morgan fingerprint density at radius 3 is 2.45 bits per heavy atom. The first kappa shape index (κ1) is 28.2. The molecule has 0 radical (unpaired) electrons. The van der Waals surface area contributed by atoms with Crippen molar-refractivity contribution in [1.82, 2.24) is 10.6 Å². The molecule has 3 saturated carbocycles. The predicted molar refractivity (Wildman–Crippen MR) is 156 cm³/mol. The molecule has 0 bridgehead atoms. The van der Waals surface area contributed by atoms with E-state index in [4.69, 9.17) is 9.47 Å². The van der Waals surface area contributed by atoms with E-state index in [0.717, 1.165) is 50.9 Å². The highest BCUT2D eigenvalue weighted by Crippen LogP contribution is 2.66. The molecule has 0 aromatic heterocycles. The Morgan fingerprint density at radius 2 is 1.75 bits per heavy atom. The molecule has 1 spiro atoms. The zero-order valence-corrected chi connectivity index (χ0v) is 25.0. The highest BCUT2D eigenvalue weighted by molar-refractivity contribution is 5.73. The van der Waals surface area contributed by atoms with Crippen LogP contribution in [-0.2, 0) is 16.0 Å². The van der Waals surface area contributed by atoms with Gasteiger partial charge in [0.15, 0.2) is 5.79 Å². The number of hydrogen-bond acceptors (Lipinski definition) is 3. The number of carbonyl (C=O) groups is 1. The lowest BCUT2D eigenvalue weighted by atomic mass is 9.51. The fourth-order valence-electron chi connectivity index (χ4n) is 9.16. The summed E-state index contributed by atoms with van der Waals surface area (Å²) in [5, 5.41) is 5.73. The van der Waals surface area contributed by atoms with Gasteiger partial charge in [-0.2, -0.15) is 0 Å². The van der Waals surface area contributed by atoms with Crippen molar-refractivity contribution >= 4 is 6.03 Å². The van der Waals surface area contributed by atoms with Crippen molar-refractivity contribution in [2.45, 2.75) is 97.3 Å². The lowest BCUT2D eigenvalue weighted by Crippen LogP contribution is -2.52. The van der Waals surface area contributed by atoms with Crippen molar-refractivity contribution in [2.75, 3.05) is 26.4 Å². The minimum atomic E-state index is -0.416. The Balaban J connectivity index is 1.30. The minimum absolute atomic E-state index is 0.0521. The van der Waals surface area contributed by atoms with Gasteiger partial charge < -0.3 is 20.1 Å². The van der Waals surface area contributed by atoms with Crippen LogP contribution >= 0.6 is 0 Å². The molecular weight excluding hydrogens is 503 g/mol. The SMILES string of the molecule is CCNC(=O)NCc1ccc(C2CC3(C)C(CF)CCC3C3CCC4CC5(CCC4=C23)OCC(C)(C)CO5)cc1. The Labute approximate surface area is 240 Å². The number of ether oxygens (including phenoxy) is 2. The Morgan fingerprint density at radius 1 is 1.00 bits per heavy atom. The molecule has 4 fully saturated rings. The van der Waals surface area contributed by atoms with Crippen LogP contribution in [0.2, 0.25) is 0 Å². The molecule has 6 heteroatoms. The monoisotopic (exact) mass is 552 g/mol. The number of alkyl halides is 1. The van der Waals surface area contributed by atoms with Gasteiger partial charge in [0.2, 0.25) is 0 Å². The number of fused-ring (bicyclic) bond motifs is 4. The zero-order chi connectivity index (χ0) is 28.1. The second kappa shape index (κ2) is 10.7. The summed E-state index contributed by atoms with van der Waals surface area (Å²) >= 11 is 0. The van der Waals surface area contributed by atoms with Crippen LogP contribution in [0, 0.1) is 34.5 Å². The number of urea groups is 1. The van der Waals surface area contributed by atoms with Crippen LogP contribution in [0.3, 0.4) is 0 Å². The Hall–Kier alpha value is -1.92. The standard InChI is InChI=1S/C34H49FN2O3/c1-5-36-31(38)37-19-22-6-8-23(9-7-22)28-17-33(4)25(18-35)11-13-29(33)27-12-10-24-16-34(15-14-26(24)30(27)28)39-20-32(2,3)21-40-34/h6-9,24-25,27-29H,5,10-21H2,1-4H3,(H2,36,37,38). The van der Waals surface area contributed by atoms with Gasteiger partial charge in [0.05, 0.1) is 19.9 Å². The maximum Gasteiger partial charge on any atom is 0.315 e. The average Bonchev–Trinajstić information content (AvgIpc) is 3.29. The van der Waals surface area contributed by atoms with Crippen molar-refractivity contribution in [3.05, 3.63) is 46.5 Å². The Bertz CT molecular complexity index is 1120. The van der Waals surface area contributed by atoms with E-state index in [1.165, 1.54) is 24.8 Å². The highest BCUT2D eigenvalue weighted by atomic mass is 19.1. The normalized spacial score (nSPS) is 36.0. The first-order chi connectivity index (χ1) is 19.2. The quantitative estimate of drug-likeness (QED) is 0.378. The summed E-state index contributed by atoms with van der Waals surface area (Å²) in [6, 6.07) is 8.74. The molecule has 1 aromatic rings. The van der Waals surface area contributed by atoms with Gasteiger partial charge in [0.1, 0.15) is 0 Å². The van der Waals surface area contributed by atoms with E-state index < -0.39 is 5.79 Å². The summed E-state index contributed by atoms with van der Waals surface area (Å²) in [4.78, 5) is 11.9. The van der Waals surface area contributed by atoms with Crippen LogP contribution in [0.15, 0.2) is 35.4 Å². The smallest absolute Gasteiger partial charge is 0.315 e. The van der Waals surface area contributed by atoms with Gasteiger partial charge in [-0.3, -0.25) is 4.39 Å². The summed E-state index contributed by atoms with van der Waals surface area (Å²) < 4.78 is 27.3. The van der Waals surface area contributed by atoms with E-state index in [0.29, 0.717) is 36.8 Å². The second-order valence-electron chi connectivity index (χ2n) is 14.5. The number of amides is 2. The molecule has 1 aliphatic heterocycles. The van der Waals surface area contributed by atoms with Crippen LogP contribution in [0.25, 0.3) is 0 Å². The predicted octanol–water partition coefficient (Wildman–Crippen LogP) is 7.27. The van der Waals surface area contributed by atoms with Crippen molar-refractivity contribution in [3.63, 3.8) is 0 Å². The lowest BCUT2D eigenvalue weighted by Gasteiger charge is -2.55. The van der Waals surface area contributed by atoms with Crippen LogP contribution in [-0.4, -0.2) is 38.3 Å². The molecule has 2 N–H and O–H groups in total. The first-order valence-electron chi connectivity index (χ1n) is 15.8. The zero-order valence-electron chi connectivity index (χ0n) is 25.0. The van der Waals surface area contributed by atoms with E-state index in [-0.39, 0.29) is 29.5 Å². The van der Waals surface area contributed by atoms with E-state index >= 15 is 0 Å². The molecule has 5 nitrogen and oxygen atoms in total. The van der Waals surface area contributed by atoms with Crippen LogP contribution < -0.4 is 10.6 Å². The van der Waals surface area contributed by atoms with Gasteiger partial charge in [-0.05, 0) is 85.7 Å². The van der Waals surface area contributed by atoms with E-state index in [1.54, 1.807) is 11.1 Å². The first-order valence-corrected chi connectivity index (χ1v) is 15.8. The number of nitrogens with one attached hydrogen (secondary N) is 2. The molecule has 5 aliphatic rings. The fourth-order valence-corrected chi connectivity index (χ4v) is 9.16. The summed E-state index contributed by atoms with van der Waals surface area (Å²) in [7, 11) is 0. The van der Waals surface area contributed by atoms with Gasteiger partial charge in [0, 0.05) is 37.3 Å². The fraction of sp³-hybridized carbons (Fsp3) is 0.735. The largest absolute Gasteiger partial charge is 0.349 e. The molecule has 1 aromatic carbocycles. The van der Waals surface area contributed by atoms with Crippen LogP contribution in [0.4, 0.5) is 9.18 Å². The van der Waals surface area contributed by atoms with E-state index in [2.05, 4.69) is 55.7 Å². The van der Waals surface area contributed by atoms with Crippen molar-refractivity contribution in [2.24, 2.45) is 34.5 Å². The number of hydrogen-bond donors (Lipinski definition) is 2.